The lowest BCUT2D eigenvalue weighted by Gasteiger charge is -2.14. The van der Waals surface area contributed by atoms with Gasteiger partial charge in [0.15, 0.2) is 0 Å². The molecule has 142 valence electrons. The Morgan fingerprint density at radius 1 is 1.22 bits per heavy atom. The van der Waals surface area contributed by atoms with Crippen molar-refractivity contribution in [1.29, 1.82) is 0 Å². The number of amides is 1. The fraction of sp³-hybridized carbons (Fsp3) is 0.350. The maximum Gasteiger partial charge on any atom is 0.263 e. The number of hydrogen-bond donors (Lipinski definition) is 1. The molecule has 2 heterocycles. The topological polar surface area (TPSA) is 78.2 Å². The van der Waals surface area contributed by atoms with Crippen LogP contribution < -0.4 is 10.9 Å². The molecule has 1 aromatic carbocycles. The Kier molecular flexibility index (Phi) is 5.71. The lowest BCUT2D eigenvalue weighted by molar-refractivity contribution is 0.0949. The minimum atomic E-state index is -0.354. The molecule has 2 aromatic heterocycles. The molecule has 0 aliphatic carbocycles. The van der Waals surface area contributed by atoms with Crippen molar-refractivity contribution in [3.63, 3.8) is 0 Å². The van der Waals surface area contributed by atoms with E-state index in [1.54, 1.807) is 24.9 Å². The molecule has 0 fully saturated rings. The molecule has 0 bridgehead atoms. The molecule has 1 amide bonds. The number of nitrogens with zero attached hydrogens (tertiary/aromatic N) is 3. The summed E-state index contributed by atoms with van der Waals surface area (Å²) >= 11 is 0. The SMILES string of the molecule is COCCn1c(C)cc(C)c(C(=O)NCCn2cnc3ccccc32)c1=O. The summed E-state index contributed by atoms with van der Waals surface area (Å²) in [4.78, 5) is 29.7. The molecule has 3 rings (SSSR count). The number of pyridine rings is 1. The smallest absolute Gasteiger partial charge is 0.263 e. The maximum absolute atomic E-state index is 12.8. The third-order valence-corrected chi connectivity index (χ3v) is 4.62. The van der Waals surface area contributed by atoms with Gasteiger partial charge in [0, 0.05) is 32.4 Å². The van der Waals surface area contributed by atoms with E-state index in [0.717, 1.165) is 16.7 Å². The zero-order chi connectivity index (χ0) is 19.4. The van der Waals surface area contributed by atoms with Crippen LogP contribution in [0.2, 0.25) is 0 Å². The van der Waals surface area contributed by atoms with Crippen LogP contribution in [0.15, 0.2) is 41.5 Å². The van der Waals surface area contributed by atoms with Crippen molar-refractivity contribution >= 4 is 16.9 Å². The first kappa shape index (κ1) is 18.8. The van der Waals surface area contributed by atoms with Crippen molar-refractivity contribution in [2.45, 2.75) is 26.9 Å². The first-order chi connectivity index (χ1) is 13.0. The summed E-state index contributed by atoms with van der Waals surface area (Å²) in [6.45, 7) is 5.46. The number of carbonyl (C=O) groups is 1. The van der Waals surface area contributed by atoms with Gasteiger partial charge in [0.25, 0.3) is 11.5 Å². The number of rotatable bonds is 7. The first-order valence-corrected chi connectivity index (χ1v) is 8.91. The Hall–Kier alpha value is -2.93. The van der Waals surface area contributed by atoms with Gasteiger partial charge in [-0.15, -0.1) is 0 Å². The van der Waals surface area contributed by atoms with Crippen LogP contribution >= 0.6 is 0 Å². The van der Waals surface area contributed by atoms with Crippen LogP contribution in [0.1, 0.15) is 21.6 Å². The van der Waals surface area contributed by atoms with Gasteiger partial charge < -0.3 is 19.2 Å². The largest absolute Gasteiger partial charge is 0.383 e. The van der Waals surface area contributed by atoms with E-state index in [2.05, 4.69) is 10.3 Å². The van der Waals surface area contributed by atoms with Gasteiger partial charge >= 0.3 is 0 Å². The van der Waals surface area contributed by atoms with Crippen molar-refractivity contribution in [2.75, 3.05) is 20.3 Å². The highest BCUT2D eigenvalue weighted by Gasteiger charge is 2.17. The van der Waals surface area contributed by atoms with E-state index >= 15 is 0 Å². The van der Waals surface area contributed by atoms with E-state index in [1.165, 1.54) is 0 Å². The Balaban J connectivity index is 1.73. The molecule has 7 nitrogen and oxygen atoms in total. The average molecular weight is 368 g/mol. The van der Waals surface area contributed by atoms with Gasteiger partial charge in [0.05, 0.1) is 24.0 Å². The van der Waals surface area contributed by atoms with Crippen LogP contribution in [-0.4, -0.2) is 40.3 Å². The molecular weight excluding hydrogens is 344 g/mol. The number of fused-ring (bicyclic) bond motifs is 1. The summed E-state index contributed by atoms with van der Waals surface area (Å²) in [5.41, 5.74) is 3.33. The number of carbonyl (C=O) groups excluding carboxylic acids is 1. The normalized spacial score (nSPS) is 11.1. The molecule has 0 atom stereocenters. The van der Waals surface area contributed by atoms with Crippen molar-refractivity contribution in [3.8, 4) is 0 Å². The zero-order valence-corrected chi connectivity index (χ0v) is 15.9. The number of aromatic nitrogens is 3. The second kappa shape index (κ2) is 8.18. The Morgan fingerprint density at radius 2 is 2.00 bits per heavy atom. The molecule has 3 aromatic rings. The minimum Gasteiger partial charge on any atom is -0.383 e. The van der Waals surface area contributed by atoms with Gasteiger partial charge in [0.2, 0.25) is 0 Å². The summed E-state index contributed by atoms with van der Waals surface area (Å²) in [5.74, 6) is -0.354. The van der Waals surface area contributed by atoms with E-state index in [1.807, 2.05) is 41.8 Å². The summed E-state index contributed by atoms with van der Waals surface area (Å²) in [5, 5.41) is 2.85. The lowest BCUT2D eigenvalue weighted by Crippen LogP contribution is -2.36. The van der Waals surface area contributed by atoms with E-state index in [9.17, 15) is 9.59 Å². The summed E-state index contributed by atoms with van der Waals surface area (Å²) in [6.07, 6.45) is 1.76. The number of benzene rings is 1. The number of hydrogen-bond acceptors (Lipinski definition) is 4. The van der Waals surface area contributed by atoms with Gasteiger partial charge in [-0.1, -0.05) is 12.1 Å². The zero-order valence-electron chi connectivity index (χ0n) is 15.9. The lowest BCUT2D eigenvalue weighted by atomic mass is 10.1. The van der Waals surface area contributed by atoms with E-state index in [0.29, 0.717) is 31.8 Å². The van der Waals surface area contributed by atoms with Gasteiger partial charge in [0.1, 0.15) is 5.56 Å². The molecule has 0 saturated heterocycles. The quantitative estimate of drug-likeness (QED) is 0.691. The highest BCUT2D eigenvalue weighted by molar-refractivity contribution is 5.95. The van der Waals surface area contributed by atoms with Gasteiger partial charge in [-0.3, -0.25) is 9.59 Å². The van der Waals surface area contributed by atoms with Gasteiger partial charge in [-0.25, -0.2) is 4.98 Å². The number of ether oxygens (including phenoxy) is 1. The molecule has 0 saturated carbocycles. The molecule has 0 spiro atoms. The average Bonchev–Trinajstić information content (AvgIpc) is 3.04. The number of para-hydroxylation sites is 2. The fourth-order valence-corrected chi connectivity index (χ4v) is 3.23. The van der Waals surface area contributed by atoms with Gasteiger partial charge in [-0.2, -0.15) is 0 Å². The Labute approximate surface area is 157 Å². The van der Waals surface area contributed by atoms with E-state index in [-0.39, 0.29) is 17.0 Å². The third kappa shape index (κ3) is 3.93. The third-order valence-electron chi connectivity index (χ3n) is 4.62. The van der Waals surface area contributed by atoms with Crippen molar-refractivity contribution in [3.05, 3.63) is 63.8 Å². The van der Waals surface area contributed by atoms with E-state index < -0.39 is 0 Å². The van der Waals surface area contributed by atoms with Crippen LogP contribution in [0.25, 0.3) is 11.0 Å². The molecular formula is C20H24N4O3. The molecule has 27 heavy (non-hydrogen) atoms. The van der Waals surface area contributed by atoms with Crippen molar-refractivity contribution < 1.29 is 9.53 Å². The summed E-state index contributed by atoms with van der Waals surface area (Å²) < 4.78 is 8.62. The predicted octanol–water partition coefficient (Wildman–Crippen LogP) is 1.89. The second-order valence-corrected chi connectivity index (χ2v) is 6.48. The van der Waals surface area contributed by atoms with E-state index in [4.69, 9.17) is 4.74 Å². The fourth-order valence-electron chi connectivity index (χ4n) is 3.23. The van der Waals surface area contributed by atoms with Crippen LogP contribution in [0.4, 0.5) is 0 Å². The Morgan fingerprint density at radius 3 is 2.78 bits per heavy atom. The van der Waals surface area contributed by atoms with Crippen LogP contribution in [0.3, 0.4) is 0 Å². The highest BCUT2D eigenvalue weighted by atomic mass is 16.5. The molecule has 0 unspecified atom stereocenters. The van der Waals surface area contributed by atoms with Crippen LogP contribution in [0.5, 0.6) is 0 Å². The number of imidazole rings is 1. The van der Waals surface area contributed by atoms with Gasteiger partial charge in [-0.05, 0) is 37.6 Å². The van der Waals surface area contributed by atoms with Crippen LogP contribution in [-0.2, 0) is 17.8 Å². The molecule has 7 heteroatoms. The molecule has 0 aliphatic rings. The highest BCUT2D eigenvalue weighted by Crippen LogP contribution is 2.11. The number of aryl methyl sites for hydroxylation is 2. The minimum absolute atomic E-state index is 0.187. The van der Waals surface area contributed by atoms with Crippen LogP contribution in [0, 0.1) is 13.8 Å². The monoisotopic (exact) mass is 368 g/mol. The number of nitrogens with one attached hydrogen (secondary N) is 1. The van der Waals surface area contributed by atoms with Crippen molar-refractivity contribution in [1.82, 2.24) is 19.4 Å². The Bertz CT molecular complexity index is 1020. The standard InChI is InChI=1S/C20H24N4O3/c1-14-12-15(2)24(10-11-27-3)20(26)18(14)19(25)21-8-9-23-13-22-16-6-4-5-7-17(16)23/h4-7,12-13H,8-11H2,1-3H3,(H,21,25). The second-order valence-electron chi connectivity index (χ2n) is 6.48. The van der Waals surface area contributed by atoms with Crippen molar-refractivity contribution in [2.24, 2.45) is 0 Å². The first-order valence-electron chi connectivity index (χ1n) is 8.91. The molecule has 0 aliphatic heterocycles. The summed E-state index contributed by atoms with van der Waals surface area (Å²) in [6, 6.07) is 9.69. The number of methoxy groups -OCH3 is 1. The molecule has 0 radical (unpaired) electrons. The maximum atomic E-state index is 12.8. The molecule has 1 N–H and O–H groups in total. The predicted molar refractivity (Wildman–Crippen MR) is 104 cm³/mol. The summed E-state index contributed by atoms with van der Waals surface area (Å²) in [7, 11) is 1.59.